The molecule has 2 rings (SSSR count). The molecule has 1 unspecified atom stereocenters. The summed E-state index contributed by atoms with van der Waals surface area (Å²) in [6.07, 6.45) is 1.66. The van der Waals surface area contributed by atoms with Crippen LogP contribution in [-0.2, 0) is 4.79 Å². The minimum atomic E-state index is -0.805. The molecule has 0 aliphatic heterocycles. The van der Waals surface area contributed by atoms with Crippen molar-refractivity contribution >= 4 is 11.6 Å². The number of carbonyl (C=O) groups excluding carboxylic acids is 1. The third-order valence-electron chi connectivity index (χ3n) is 2.93. The van der Waals surface area contributed by atoms with Crippen LogP contribution >= 0.6 is 0 Å². The minimum absolute atomic E-state index is 0.0779. The first kappa shape index (κ1) is 15.1. The molecule has 0 spiro atoms. The molecule has 0 aliphatic carbocycles. The first-order valence-electron chi connectivity index (χ1n) is 6.46. The van der Waals surface area contributed by atoms with Crippen molar-refractivity contribution in [1.82, 2.24) is 10.3 Å². The van der Waals surface area contributed by atoms with Gasteiger partial charge < -0.3 is 10.6 Å². The molecular weight excluding hydrogens is 276 g/mol. The zero-order valence-electron chi connectivity index (χ0n) is 11.4. The van der Waals surface area contributed by atoms with Crippen LogP contribution in [0.15, 0.2) is 42.6 Å². The van der Waals surface area contributed by atoms with E-state index in [2.05, 4.69) is 15.6 Å². The Bertz CT molecular complexity index is 599. The van der Waals surface area contributed by atoms with E-state index in [0.29, 0.717) is 0 Å². The number of halogens is 2. The second kappa shape index (κ2) is 6.90. The molecule has 21 heavy (non-hydrogen) atoms. The van der Waals surface area contributed by atoms with Gasteiger partial charge in [0.1, 0.15) is 17.3 Å². The summed E-state index contributed by atoms with van der Waals surface area (Å²) in [5.41, 5.74) is 0.345. The van der Waals surface area contributed by atoms with Gasteiger partial charge in [0.05, 0.1) is 12.2 Å². The Morgan fingerprint density at radius 1 is 1.19 bits per heavy atom. The summed E-state index contributed by atoms with van der Waals surface area (Å²) in [6, 6.07) is 8.72. The summed E-state index contributed by atoms with van der Waals surface area (Å²) >= 11 is 0. The first-order valence-corrected chi connectivity index (χ1v) is 6.46. The number of hydrogen-bond donors (Lipinski definition) is 2. The number of anilines is 1. The Morgan fingerprint density at radius 2 is 1.90 bits per heavy atom. The van der Waals surface area contributed by atoms with Gasteiger partial charge in [-0.2, -0.15) is 0 Å². The highest BCUT2D eigenvalue weighted by molar-refractivity contribution is 5.92. The molecule has 2 aromatic rings. The van der Waals surface area contributed by atoms with Crippen LogP contribution in [0.25, 0.3) is 0 Å². The highest BCUT2D eigenvalue weighted by Gasteiger charge is 2.13. The molecule has 6 heteroatoms. The van der Waals surface area contributed by atoms with Crippen LogP contribution in [0.5, 0.6) is 0 Å². The van der Waals surface area contributed by atoms with Crippen molar-refractivity contribution in [2.45, 2.75) is 13.0 Å². The zero-order chi connectivity index (χ0) is 15.2. The molecule has 0 saturated carbocycles. The molecule has 0 bridgehead atoms. The van der Waals surface area contributed by atoms with Gasteiger partial charge in [-0.3, -0.25) is 9.78 Å². The molecule has 1 aromatic carbocycles. The summed E-state index contributed by atoms with van der Waals surface area (Å²) in [6.45, 7) is 1.77. The van der Waals surface area contributed by atoms with E-state index in [1.165, 1.54) is 6.07 Å². The molecule has 1 atom stereocenters. The monoisotopic (exact) mass is 291 g/mol. The predicted molar refractivity (Wildman–Crippen MR) is 75.6 cm³/mol. The Labute approximate surface area is 121 Å². The van der Waals surface area contributed by atoms with Crippen molar-refractivity contribution in [2.24, 2.45) is 0 Å². The molecule has 0 fully saturated rings. The van der Waals surface area contributed by atoms with Gasteiger partial charge in [-0.1, -0.05) is 12.1 Å². The number of rotatable bonds is 5. The lowest BCUT2D eigenvalue weighted by Gasteiger charge is -2.13. The normalized spacial score (nSPS) is 12.0. The van der Waals surface area contributed by atoms with Crippen LogP contribution in [0.3, 0.4) is 0 Å². The van der Waals surface area contributed by atoms with Gasteiger partial charge in [0.15, 0.2) is 0 Å². The lowest BCUT2D eigenvalue weighted by atomic mass is 10.2. The molecule has 1 amide bonds. The maximum Gasteiger partial charge on any atom is 0.238 e. The van der Waals surface area contributed by atoms with Gasteiger partial charge in [-0.25, -0.2) is 8.78 Å². The average molecular weight is 291 g/mol. The molecule has 110 valence electrons. The largest absolute Gasteiger partial charge is 0.320 e. The zero-order valence-corrected chi connectivity index (χ0v) is 11.4. The van der Waals surface area contributed by atoms with Crippen LogP contribution in [0, 0.1) is 11.6 Å². The van der Waals surface area contributed by atoms with Crippen molar-refractivity contribution in [1.29, 1.82) is 0 Å². The lowest BCUT2D eigenvalue weighted by molar-refractivity contribution is -0.115. The fourth-order valence-corrected chi connectivity index (χ4v) is 1.78. The average Bonchev–Trinajstić information content (AvgIpc) is 2.49. The van der Waals surface area contributed by atoms with Crippen molar-refractivity contribution in [3.05, 3.63) is 59.9 Å². The van der Waals surface area contributed by atoms with Gasteiger partial charge in [-0.05, 0) is 31.2 Å². The number of nitrogens with zero attached hydrogens (tertiary/aromatic N) is 1. The third-order valence-corrected chi connectivity index (χ3v) is 2.93. The summed E-state index contributed by atoms with van der Waals surface area (Å²) in [5, 5.41) is 5.15. The van der Waals surface area contributed by atoms with Gasteiger partial charge in [-0.15, -0.1) is 0 Å². The van der Waals surface area contributed by atoms with E-state index < -0.39 is 23.2 Å². The van der Waals surface area contributed by atoms with Crippen molar-refractivity contribution in [2.75, 3.05) is 11.9 Å². The third kappa shape index (κ3) is 4.06. The Balaban J connectivity index is 1.91. The molecule has 1 aromatic heterocycles. The topological polar surface area (TPSA) is 54.0 Å². The second-order valence-corrected chi connectivity index (χ2v) is 4.50. The van der Waals surface area contributed by atoms with Crippen molar-refractivity contribution in [3.63, 3.8) is 0 Å². The molecule has 0 saturated heterocycles. The van der Waals surface area contributed by atoms with Crippen LogP contribution in [0.2, 0.25) is 0 Å². The van der Waals surface area contributed by atoms with E-state index in [4.69, 9.17) is 0 Å². The fraction of sp³-hybridized carbons (Fsp3) is 0.200. The van der Waals surface area contributed by atoms with Crippen LogP contribution in [-0.4, -0.2) is 17.4 Å². The van der Waals surface area contributed by atoms with E-state index >= 15 is 0 Å². The van der Waals surface area contributed by atoms with E-state index in [1.54, 1.807) is 12.3 Å². The van der Waals surface area contributed by atoms with E-state index in [0.717, 1.165) is 17.8 Å². The molecule has 0 radical (unpaired) electrons. The van der Waals surface area contributed by atoms with E-state index in [1.807, 2.05) is 19.1 Å². The second-order valence-electron chi connectivity index (χ2n) is 4.50. The smallest absolute Gasteiger partial charge is 0.238 e. The van der Waals surface area contributed by atoms with Crippen molar-refractivity contribution in [3.8, 4) is 0 Å². The summed E-state index contributed by atoms with van der Waals surface area (Å²) in [4.78, 5) is 15.9. The van der Waals surface area contributed by atoms with E-state index in [9.17, 15) is 13.6 Å². The van der Waals surface area contributed by atoms with Crippen LogP contribution in [0.4, 0.5) is 14.5 Å². The number of nitrogens with one attached hydrogen (secondary N) is 2. The predicted octanol–water partition coefficient (Wildman–Crippen LogP) is 2.65. The first-order chi connectivity index (χ1) is 10.1. The van der Waals surface area contributed by atoms with E-state index in [-0.39, 0.29) is 12.6 Å². The number of benzene rings is 1. The standard InChI is InChI=1S/C15H15F2N3O/c1-10(13-7-2-3-8-18-13)19-9-14(21)20-15-11(16)5-4-6-12(15)17/h2-8,10,19H,9H2,1H3,(H,20,21). The van der Waals surface area contributed by atoms with Crippen LogP contribution < -0.4 is 10.6 Å². The SMILES string of the molecule is CC(NCC(=O)Nc1c(F)cccc1F)c1ccccn1. The summed E-state index contributed by atoms with van der Waals surface area (Å²) in [5.74, 6) is -2.14. The Hall–Kier alpha value is -2.34. The number of pyridine rings is 1. The van der Waals surface area contributed by atoms with Gasteiger partial charge in [0, 0.05) is 12.2 Å². The highest BCUT2D eigenvalue weighted by Crippen LogP contribution is 2.17. The highest BCUT2D eigenvalue weighted by atomic mass is 19.1. The van der Waals surface area contributed by atoms with Crippen molar-refractivity contribution < 1.29 is 13.6 Å². The van der Waals surface area contributed by atoms with Crippen LogP contribution in [0.1, 0.15) is 18.7 Å². The molecule has 4 nitrogen and oxygen atoms in total. The minimum Gasteiger partial charge on any atom is -0.320 e. The van der Waals surface area contributed by atoms with Gasteiger partial charge in [0.25, 0.3) is 0 Å². The quantitative estimate of drug-likeness (QED) is 0.890. The molecular formula is C15H15F2N3O. The Kier molecular flexibility index (Phi) is 4.94. The molecule has 0 aliphatic rings. The fourth-order valence-electron chi connectivity index (χ4n) is 1.78. The Morgan fingerprint density at radius 3 is 2.52 bits per heavy atom. The van der Waals surface area contributed by atoms with Gasteiger partial charge >= 0.3 is 0 Å². The molecule has 2 N–H and O–H groups in total. The number of amides is 1. The van der Waals surface area contributed by atoms with Gasteiger partial charge in [0.2, 0.25) is 5.91 Å². The lowest BCUT2D eigenvalue weighted by Crippen LogP contribution is -2.31. The number of carbonyl (C=O) groups is 1. The number of hydrogen-bond acceptors (Lipinski definition) is 3. The molecule has 1 heterocycles. The summed E-state index contributed by atoms with van der Waals surface area (Å²) in [7, 11) is 0. The summed E-state index contributed by atoms with van der Waals surface area (Å²) < 4.78 is 26.8. The number of aromatic nitrogens is 1. The number of para-hydroxylation sites is 1. The maximum absolute atomic E-state index is 13.4. The maximum atomic E-state index is 13.4.